The minimum atomic E-state index is -0.736. The number of piperidine rings is 1. The van der Waals surface area contributed by atoms with E-state index in [-0.39, 0.29) is 6.04 Å². The summed E-state index contributed by atoms with van der Waals surface area (Å²) in [5.74, 6) is -0.736. The molecule has 14 heavy (non-hydrogen) atoms. The summed E-state index contributed by atoms with van der Waals surface area (Å²) in [5, 5.41) is 11.8. The van der Waals surface area contributed by atoms with Crippen molar-refractivity contribution < 1.29 is 9.90 Å². The number of aromatic nitrogens is 1. The molecule has 0 aliphatic carbocycles. The first-order valence-corrected chi connectivity index (χ1v) is 5.56. The Kier molecular flexibility index (Phi) is 2.67. The second-order valence-electron chi connectivity index (χ2n) is 3.36. The lowest BCUT2D eigenvalue weighted by molar-refractivity contribution is -0.139. The van der Waals surface area contributed by atoms with Crippen molar-refractivity contribution in [2.24, 2.45) is 0 Å². The Morgan fingerprint density at radius 2 is 2.50 bits per heavy atom. The molecule has 1 fully saturated rings. The zero-order valence-corrected chi connectivity index (χ0v) is 8.54. The van der Waals surface area contributed by atoms with Crippen molar-refractivity contribution in [3.63, 3.8) is 0 Å². The van der Waals surface area contributed by atoms with E-state index in [1.165, 1.54) is 11.3 Å². The molecule has 1 aromatic rings. The van der Waals surface area contributed by atoms with Crippen LogP contribution in [0.1, 0.15) is 19.3 Å². The summed E-state index contributed by atoms with van der Waals surface area (Å²) in [7, 11) is 0. The smallest absolute Gasteiger partial charge is 0.326 e. The first-order valence-electron chi connectivity index (χ1n) is 4.68. The van der Waals surface area contributed by atoms with Crippen molar-refractivity contribution in [2.75, 3.05) is 11.4 Å². The normalized spacial score (nSPS) is 22.3. The van der Waals surface area contributed by atoms with E-state index in [9.17, 15) is 4.79 Å². The van der Waals surface area contributed by atoms with Gasteiger partial charge in [-0.3, -0.25) is 0 Å². The predicted octanol–water partition coefficient (Wildman–Crippen LogP) is 1.59. The number of carbonyl (C=O) groups is 1. The van der Waals surface area contributed by atoms with Gasteiger partial charge in [0.15, 0.2) is 5.13 Å². The molecule has 1 aliphatic heterocycles. The molecule has 0 unspecified atom stereocenters. The highest BCUT2D eigenvalue weighted by molar-refractivity contribution is 7.13. The SMILES string of the molecule is O=C(O)[C@H]1CCCCN1c1nccs1. The third-order valence-corrected chi connectivity index (χ3v) is 3.26. The van der Waals surface area contributed by atoms with Gasteiger partial charge in [0.25, 0.3) is 0 Å². The summed E-state index contributed by atoms with van der Waals surface area (Å²) in [5.41, 5.74) is 0. The van der Waals surface area contributed by atoms with Crippen LogP contribution in [-0.4, -0.2) is 28.6 Å². The van der Waals surface area contributed by atoms with Crippen molar-refractivity contribution in [2.45, 2.75) is 25.3 Å². The first-order chi connectivity index (χ1) is 6.79. The minimum absolute atomic E-state index is 0.380. The molecule has 0 spiro atoms. The number of rotatable bonds is 2. The van der Waals surface area contributed by atoms with Crippen molar-refractivity contribution >= 4 is 22.4 Å². The number of hydrogen-bond acceptors (Lipinski definition) is 4. The summed E-state index contributed by atoms with van der Waals surface area (Å²) in [4.78, 5) is 17.0. The summed E-state index contributed by atoms with van der Waals surface area (Å²) in [6.45, 7) is 0.810. The molecule has 1 N–H and O–H groups in total. The van der Waals surface area contributed by atoms with E-state index in [4.69, 9.17) is 5.11 Å². The second kappa shape index (κ2) is 3.96. The molecular weight excluding hydrogens is 200 g/mol. The molecule has 0 amide bonds. The summed E-state index contributed by atoms with van der Waals surface area (Å²) in [6.07, 6.45) is 4.50. The molecule has 5 heteroatoms. The van der Waals surface area contributed by atoms with Gasteiger partial charge in [-0.05, 0) is 19.3 Å². The molecular formula is C9H12N2O2S. The number of nitrogens with zero attached hydrogens (tertiary/aromatic N) is 2. The maximum atomic E-state index is 11.0. The van der Waals surface area contributed by atoms with E-state index in [2.05, 4.69) is 4.98 Å². The standard InChI is InChI=1S/C9H12N2O2S/c12-8(13)7-3-1-2-5-11(7)9-10-4-6-14-9/h4,6-7H,1-3,5H2,(H,12,13)/t7-/m1/s1. The highest BCUT2D eigenvalue weighted by Gasteiger charge is 2.29. The average Bonchev–Trinajstić information content (AvgIpc) is 2.70. The van der Waals surface area contributed by atoms with E-state index in [0.717, 1.165) is 30.9 Å². The number of anilines is 1. The van der Waals surface area contributed by atoms with Crippen LogP contribution in [0.15, 0.2) is 11.6 Å². The van der Waals surface area contributed by atoms with Crippen molar-refractivity contribution in [1.82, 2.24) is 4.98 Å². The number of aliphatic carboxylic acids is 1. The maximum Gasteiger partial charge on any atom is 0.326 e. The van der Waals surface area contributed by atoms with Crippen molar-refractivity contribution in [3.8, 4) is 0 Å². The molecule has 0 radical (unpaired) electrons. The van der Waals surface area contributed by atoms with Crippen molar-refractivity contribution in [3.05, 3.63) is 11.6 Å². The highest BCUT2D eigenvalue weighted by atomic mass is 32.1. The van der Waals surface area contributed by atoms with Gasteiger partial charge in [-0.15, -0.1) is 11.3 Å². The Morgan fingerprint density at radius 1 is 1.64 bits per heavy atom. The van der Waals surface area contributed by atoms with Crippen LogP contribution in [0.2, 0.25) is 0 Å². The number of thiazole rings is 1. The lowest BCUT2D eigenvalue weighted by Crippen LogP contribution is -2.44. The highest BCUT2D eigenvalue weighted by Crippen LogP contribution is 2.26. The minimum Gasteiger partial charge on any atom is -0.480 e. The molecule has 1 saturated heterocycles. The topological polar surface area (TPSA) is 53.4 Å². The van der Waals surface area contributed by atoms with Gasteiger partial charge < -0.3 is 10.0 Å². The van der Waals surface area contributed by atoms with E-state index in [1.54, 1.807) is 6.20 Å². The summed E-state index contributed by atoms with van der Waals surface area (Å²) < 4.78 is 0. The monoisotopic (exact) mass is 212 g/mol. The Labute approximate surface area is 86.2 Å². The fourth-order valence-electron chi connectivity index (χ4n) is 1.78. The van der Waals surface area contributed by atoms with Crippen LogP contribution in [0.25, 0.3) is 0 Å². The zero-order valence-electron chi connectivity index (χ0n) is 7.72. The average molecular weight is 212 g/mol. The van der Waals surface area contributed by atoms with Gasteiger partial charge in [-0.1, -0.05) is 0 Å². The van der Waals surface area contributed by atoms with Crippen LogP contribution in [0.5, 0.6) is 0 Å². The van der Waals surface area contributed by atoms with Crippen LogP contribution < -0.4 is 4.90 Å². The Balaban J connectivity index is 2.18. The molecule has 1 aromatic heterocycles. The lowest BCUT2D eigenvalue weighted by Gasteiger charge is -2.32. The third kappa shape index (κ3) is 1.72. The maximum absolute atomic E-state index is 11.0. The van der Waals surface area contributed by atoms with E-state index in [0.29, 0.717) is 0 Å². The van der Waals surface area contributed by atoms with Gasteiger partial charge in [0, 0.05) is 18.1 Å². The van der Waals surface area contributed by atoms with Gasteiger partial charge >= 0.3 is 5.97 Å². The van der Waals surface area contributed by atoms with E-state index >= 15 is 0 Å². The predicted molar refractivity (Wildman–Crippen MR) is 54.7 cm³/mol. The molecule has 1 aliphatic rings. The molecule has 76 valence electrons. The third-order valence-electron chi connectivity index (χ3n) is 2.45. The fraction of sp³-hybridized carbons (Fsp3) is 0.556. The van der Waals surface area contributed by atoms with Gasteiger partial charge in [-0.2, -0.15) is 0 Å². The van der Waals surface area contributed by atoms with E-state index in [1.807, 2.05) is 10.3 Å². The molecule has 0 aromatic carbocycles. The molecule has 0 bridgehead atoms. The van der Waals surface area contributed by atoms with Gasteiger partial charge in [-0.25, -0.2) is 9.78 Å². The first kappa shape index (κ1) is 9.45. The van der Waals surface area contributed by atoms with Crippen molar-refractivity contribution in [1.29, 1.82) is 0 Å². The fourth-order valence-corrected chi connectivity index (χ4v) is 2.49. The molecule has 0 saturated carbocycles. The van der Waals surface area contributed by atoms with Crippen LogP contribution in [0, 0.1) is 0 Å². The zero-order chi connectivity index (χ0) is 9.97. The Morgan fingerprint density at radius 3 is 3.14 bits per heavy atom. The number of carboxylic acid groups (broad SMARTS) is 1. The van der Waals surface area contributed by atoms with Crippen LogP contribution in [-0.2, 0) is 4.79 Å². The quantitative estimate of drug-likeness (QED) is 0.808. The van der Waals surface area contributed by atoms with Gasteiger partial charge in [0.05, 0.1) is 0 Å². The van der Waals surface area contributed by atoms with Gasteiger partial charge in [0.1, 0.15) is 6.04 Å². The molecule has 1 atom stereocenters. The van der Waals surface area contributed by atoms with Crippen LogP contribution in [0.4, 0.5) is 5.13 Å². The molecule has 4 nitrogen and oxygen atoms in total. The molecule has 2 heterocycles. The van der Waals surface area contributed by atoms with Gasteiger partial charge in [0.2, 0.25) is 0 Å². The summed E-state index contributed by atoms with van der Waals surface area (Å²) >= 11 is 1.50. The number of carboxylic acids is 1. The van der Waals surface area contributed by atoms with E-state index < -0.39 is 5.97 Å². The Bertz CT molecular complexity index is 313. The largest absolute Gasteiger partial charge is 0.480 e. The second-order valence-corrected chi connectivity index (χ2v) is 4.23. The Hall–Kier alpha value is -1.10. The summed E-state index contributed by atoms with van der Waals surface area (Å²) in [6, 6.07) is -0.380. The lowest BCUT2D eigenvalue weighted by atomic mass is 10.0. The van der Waals surface area contributed by atoms with Crippen LogP contribution >= 0.6 is 11.3 Å². The number of hydrogen-bond donors (Lipinski definition) is 1. The van der Waals surface area contributed by atoms with Crippen LogP contribution in [0.3, 0.4) is 0 Å². The molecule has 2 rings (SSSR count).